The maximum absolute atomic E-state index is 12.6. The monoisotopic (exact) mass is 426 g/mol. The van der Waals surface area contributed by atoms with Crippen LogP contribution in [0.15, 0.2) is 59.8 Å². The molecule has 0 bridgehead atoms. The lowest BCUT2D eigenvalue weighted by molar-refractivity contribution is -0.136. The number of hydrogen-bond acceptors (Lipinski definition) is 7. The minimum absolute atomic E-state index is 0.0158. The second-order valence-electron chi connectivity index (χ2n) is 6.99. The molecule has 0 radical (unpaired) electrons. The highest BCUT2D eigenvalue weighted by atomic mass is 32.2. The van der Waals surface area contributed by atoms with Gasteiger partial charge in [-0.25, -0.2) is 4.98 Å². The maximum Gasteiger partial charge on any atom is 0.219 e. The van der Waals surface area contributed by atoms with E-state index >= 15 is 0 Å². The smallest absolute Gasteiger partial charge is 0.219 e. The van der Waals surface area contributed by atoms with Gasteiger partial charge >= 0.3 is 0 Å². The normalized spacial score (nSPS) is 19.3. The van der Waals surface area contributed by atoms with Crippen LogP contribution in [-0.2, 0) is 14.4 Å². The predicted molar refractivity (Wildman–Crippen MR) is 117 cm³/mol. The van der Waals surface area contributed by atoms with Crippen LogP contribution in [0, 0.1) is 5.92 Å². The number of allylic oxidation sites excluding steroid dienone is 1. The van der Waals surface area contributed by atoms with Crippen LogP contribution in [-0.4, -0.2) is 29.4 Å². The van der Waals surface area contributed by atoms with E-state index in [0.29, 0.717) is 37.5 Å². The van der Waals surface area contributed by atoms with E-state index in [1.165, 1.54) is 0 Å². The lowest BCUT2D eigenvalue weighted by Gasteiger charge is -2.26. The van der Waals surface area contributed by atoms with Crippen molar-refractivity contribution in [3.8, 4) is 11.6 Å². The van der Waals surface area contributed by atoms with Crippen LogP contribution < -0.4 is 10.2 Å². The molecule has 0 saturated heterocycles. The molecule has 6 nitrogen and oxygen atoms in total. The van der Waals surface area contributed by atoms with Crippen LogP contribution in [0.1, 0.15) is 37.7 Å². The minimum Gasteiger partial charge on any atom is -0.439 e. The first-order chi connectivity index (χ1) is 14.6. The Kier molecular flexibility index (Phi) is 8.04. The third-order valence-electron chi connectivity index (χ3n) is 4.95. The van der Waals surface area contributed by atoms with Gasteiger partial charge in [-0.05, 0) is 49.3 Å². The number of Topliss-reactive ketones (excluding diaryl/α,β-unsaturated/α-hetero) is 2. The molecule has 1 aromatic heterocycles. The van der Waals surface area contributed by atoms with E-state index in [1.54, 1.807) is 30.2 Å². The summed E-state index contributed by atoms with van der Waals surface area (Å²) in [5.74, 6) is 0.426. The van der Waals surface area contributed by atoms with Crippen LogP contribution in [0.4, 0.5) is 0 Å². The Bertz CT molecular complexity index is 880. The molecule has 1 fully saturated rings. The summed E-state index contributed by atoms with van der Waals surface area (Å²) in [7, 11) is 0. The molecule has 3 rings (SSSR count). The number of ketones is 2. The second-order valence-corrected chi connectivity index (χ2v) is 7.87. The summed E-state index contributed by atoms with van der Waals surface area (Å²) in [4.78, 5) is 35.5. The Morgan fingerprint density at radius 3 is 2.67 bits per heavy atom. The van der Waals surface area contributed by atoms with Crippen LogP contribution in [0.3, 0.4) is 0 Å². The number of nitrogens with zero attached hydrogens (tertiary/aromatic N) is 1. The summed E-state index contributed by atoms with van der Waals surface area (Å²) in [5, 5.41) is 0. The fourth-order valence-electron chi connectivity index (χ4n) is 3.40. The molecular weight excluding hydrogens is 400 g/mol. The van der Waals surface area contributed by atoms with Crippen molar-refractivity contribution in [2.24, 2.45) is 5.92 Å². The molecule has 2 aromatic rings. The van der Waals surface area contributed by atoms with Gasteiger partial charge in [0.15, 0.2) is 0 Å². The summed E-state index contributed by atoms with van der Waals surface area (Å²) in [5.41, 5.74) is 3.58. The van der Waals surface area contributed by atoms with Crippen LogP contribution in [0.5, 0.6) is 11.6 Å². The lowest BCUT2D eigenvalue weighted by Crippen LogP contribution is -2.32. The second kappa shape index (κ2) is 10.9. The van der Waals surface area contributed by atoms with Gasteiger partial charge in [-0.2, -0.15) is 0 Å². The molecule has 158 valence electrons. The molecule has 7 heteroatoms. The number of carbonyl (C=O) groups excluding carboxylic acids is 2. The van der Waals surface area contributed by atoms with Crippen molar-refractivity contribution < 1.29 is 19.2 Å². The first-order valence-electron chi connectivity index (χ1n) is 9.96. The van der Waals surface area contributed by atoms with Gasteiger partial charge in [-0.15, -0.1) is 11.8 Å². The Balaban J connectivity index is 1.62. The van der Waals surface area contributed by atoms with Gasteiger partial charge in [0.25, 0.3) is 0 Å². The summed E-state index contributed by atoms with van der Waals surface area (Å²) in [6.07, 6.45) is 8.25. The predicted octanol–water partition coefficient (Wildman–Crippen LogP) is 4.67. The van der Waals surface area contributed by atoms with Crippen molar-refractivity contribution in [3.63, 3.8) is 0 Å². The molecule has 1 aliphatic rings. The summed E-state index contributed by atoms with van der Waals surface area (Å²) < 4.78 is 5.85. The Labute approximate surface area is 181 Å². The molecule has 0 aliphatic heterocycles. The van der Waals surface area contributed by atoms with Gasteiger partial charge in [0.2, 0.25) is 5.88 Å². The van der Waals surface area contributed by atoms with Crippen molar-refractivity contribution >= 4 is 23.3 Å². The van der Waals surface area contributed by atoms with Crippen molar-refractivity contribution in [2.75, 3.05) is 12.9 Å². The van der Waals surface area contributed by atoms with E-state index in [9.17, 15) is 9.59 Å². The lowest BCUT2D eigenvalue weighted by atomic mass is 9.76. The highest BCUT2D eigenvalue weighted by Gasteiger charge is 2.35. The van der Waals surface area contributed by atoms with Crippen molar-refractivity contribution in [2.45, 2.75) is 37.0 Å². The number of nitrogens with one attached hydrogen (secondary N) is 1. The Morgan fingerprint density at radius 2 is 2.00 bits per heavy atom. The zero-order valence-corrected chi connectivity index (χ0v) is 18.0. The minimum atomic E-state index is -0.570. The number of pyridine rings is 1. The molecule has 0 atom stereocenters. The molecule has 0 spiro atoms. The summed E-state index contributed by atoms with van der Waals surface area (Å²) >= 11 is 1.62. The first-order valence-corrected chi connectivity index (χ1v) is 11.2. The number of rotatable bonds is 9. The SMILES string of the molecule is CCONC=CCC1C(=O)CC(c2cccc(Oc3ccc(SC)cn3)c2)CC1=O. The van der Waals surface area contributed by atoms with Crippen LogP contribution in [0.2, 0.25) is 0 Å². The summed E-state index contributed by atoms with van der Waals surface area (Å²) in [6, 6.07) is 11.3. The van der Waals surface area contributed by atoms with Gasteiger partial charge in [0, 0.05) is 36.2 Å². The van der Waals surface area contributed by atoms with Crippen molar-refractivity contribution in [1.82, 2.24) is 10.5 Å². The quantitative estimate of drug-likeness (QED) is 0.270. The fraction of sp³-hybridized carbons (Fsp3) is 0.348. The molecule has 0 unspecified atom stereocenters. The number of ether oxygens (including phenoxy) is 1. The van der Waals surface area contributed by atoms with E-state index < -0.39 is 5.92 Å². The maximum atomic E-state index is 12.6. The van der Waals surface area contributed by atoms with E-state index in [0.717, 1.165) is 10.5 Å². The first kappa shape index (κ1) is 22.1. The van der Waals surface area contributed by atoms with Gasteiger partial charge in [-0.3, -0.25) is 19.9 Å². The molecule has 1 N–H and O–H groups in total. The molecule has 1 aromatic carbocycles. The zero-order valence-electron chi connectivity index (χ0n) is 17.2. The van der Waals surface area contributed by atoms with E-state index in [4.69, 9.17) is 9.57 Å². The fourth-order valence-corrected chi connectivity index (χ4v) is 3.77. The van der Waals surface area contributed by atoms with Crippen molar-refractivity contribution in [1.29, 1.82) is 0 Å². The van der Waals surface area contributed by atoms with E-state index in [-0.39, 0.29) is 17.5 Å². The zero-order chi connectivity index (χ0) is 21.3. The van der Waals surface area contributed by atoms with Gasteiger partial charge in [0.05, 0.1) is 12.5 Å². The van der Waals surface area contributed by atoms with E-state index in [1.807, 2.05) is 49.6 Å². The van der Waals surface area contributed by atoms with Crippen LogP contribution >= 0.6 is 11.8 Å². The van der Waals surface area contributed by atoms with Crippen LogP contribution in [0.25, 0.3) is 0 Å². The Hall–Kier alpha value is -2.64. The highest BCUT2D eigenvalue weighted by Crippen LogP contribution is 2.35. The largest absolute Gasteiger partial charge is 0.439 e. The molecule has 0 amide bonds. The average Bonchev–Trinajstić information content (AvgIpc) is 2.76. The molecule has 1 heterocycles. The van der Waals surface area contributed by atoms with Gasteiger partial charge in [-0.1, -0.05) is 18.2 Å². The number of carbonyl (C=O) groups is 2. The van der Waals surface area contributed by atoms with Crippen molar-refractivity contribution in [3.05, 3.63) is 60.4 Å². The number of hydrogen-bond donors (Lipinski definition) is 1. The topological polar surface area (TPSA) is 77.5 Å². The Morgan fingerprint density at radius 1 is 1.20 bits per heavy atom. The van der Waals surface area contributed by atoms with E-state index in [2.05, 4.69) is 10.5 Å². The number of thioether (sulfide) groups is 1. The standard InChI is InChI=1S/C23H26N2O4S/c1-3-28-25-11-5-8-20-21(26)13-17(14-22(20)27)16-6-4-7-18(12-16)29-23-10-9-19(30-2)15-24-23/h4-7,9-12,15,17,20,25H,3,8,13-14H2,1-2H3. The third kappa shape index (κ3) is 5.93. The average molecular weight is 427 g/mol. The third-order valence-corrected chi connectivity index (χ3v) is 5.67. The molecule has 1 aliphatic carbocycles. The highest BCUT2D eigenvalue weighted by molar-refractivity contribution is 7.98. The van der Waals surface area contributed by atoms with Gasteiger partial charge < -0.3 is 4.74 Å². The molecular formula is C23H26N2O4S. The number of benzene rings is 1. The molecule has 30 heavy (non-hydrogen) atoms. The number of aromatic nitrogens is 1. The summed E-state index contributed by atoms with van der Waals surface area (Å²) in [6.45, 7) is 2.40. The molecule has 1 saturated carbocycles. The van der Waals surface area contributed by atoms with Gasteiger partial charge in [0.1, 0.15) is 17.3 Å². The number of hydroxylamine groups is 1.